The van der Waals surface area contributed by atoms with Crippen molar-refractivity contribution in [3.63, 3.8) is 0 Å². The second-order valence-electron chi connectivity index (χ2n) is 4.86. The van der Waals surface area contributed by atoms with Gasteiger partial charge in [0, 0.05) is 18.2 Å². The summed E-state index contributed by atoms with van der Waals surface area (Å²) in [6.45, 7) is 2.14. The number of ether oxygens (including phenoxy) is 1. The fraction of sp³-hybridized carbons (Fsp3) is 0.533. The molecule has 0 saturated carbocycles. The summed E-state index contributed by atoms with van der Waals surface area (Å²) in [4.78, 5) is 22.1. The zero-order chi connectivity index (χ0) is 15.7. The molecule has 6 heteroatoms. The Balaban J connectivity index is 2.52. The van der Waals surface area contributed by atoms with Gasteiger partial charge in [0.2, 0.25) is 5.91 Å². The molecule has 1 aromatic rings. The van der Waals surface area contributed by atoms with Gasteiger partial charge in [0.15, 0.2) is 5.75 Å². The molecule has 1 aromatic carbocycles. The molecule has 0 aromatic heterocycles. The van der Waals surface area contributed by atoms with Crippen LogP contribution in [0.25, 0.3) is 0 Å². The molecule has 0 spiro atoms. The lowest BCUT2D eigenvalue weighted by molar-refractivity contribution is -0.385. The van der Waals surface area contributed by atoms with Gasteiger partial charge in [0.05, 0.1) is 12.0 Å². The van der Waals surface area contributed by atoms with E-state index in [4.69, 9.17) is 4.74 Å². The number of methoxy groups -OCH3 is 1. The molecule has 1 amide bonds. The van der Waals surface area contributed by atoms with Gasteiger partial charge in [-0.15, -0.1) is 0 Å². The van der Waals surface area contributed by atoms with Crippen LogP contribution in [0.4, 0.5) is 11.4 Å². The lowest BCUT2D eigenvalue weighted by Crippen LogP contribution is -2.11. The van der Waals surface area contributed by atoms with Crippen LogP contribution in [-0.4, -0.2) is 17.9 Å². The number of benzene rings is 1. The van der Waals surface area contributed by atoms with Gasteiger partial charge in [-0.2, -0.15) is 0 Å². The summed E-state index contributed by atoms with van der Waals surface area (Å²) in [7, 11) is 1.37. The number of carbonyl (C=O) groups is 1. The Morgan fingerprint density at radius 3 is 2.62 bits per heavy atom. The van der Waals surface area contributed by atoms with Crippen LogP contribution in [0.3, 0.4) is 0 Å². The number of nitrogens with one attached hydrogen (secondary N) is 1. The Hall–Kier alpha value is -2.11. The van der Waals surface area contributed by atoms with Gasteiger partial charge in [-0.25, -0.2) is 0 Å². The molecule has 0 saturated heterocycles. The average molecular weight is 294 g/mol. The number of carbonyl (C=O) groups excluding carboxylic acids is 1. The summed E-state index contributed by atoms with van der Waals surface area (Å²) in [6.07, 6.45) is 5.80. The van der Waals surface area contributed by atoms with Gasteiger partial charge in [-0.1, -0.05) is 32.6 Å². The lowest BCUT2D eigenvalue weighted by atomic mass is 10.1. The fourth-order valence-corrected chi connectivity index (χ4v) is 2.02. The first-order chi connectivity index (χ1) is 10.1. The first-order valence-corrected chi connectivity index (χ1v) is 7.20. The fourth-order valence-electron chi connectivity index (χ4n) is 2.02. The molecule has 0 heterocycles. The van der Waals surface area contributed by atoms with Crippen LogP contribution in [0.2, 0.25) is 0 Å². The first kappa shape index (κ1) is 16.9. The zero-order valence-corrected chi connectivity index (χ0v) is 12.6. The third kappa shape index (κ3) is 5.81. The smallest absolute Gasteiger partial charge is 0.312 e. The number of nitro groups is 1. The number of amides is 1. The van der Waals surface area contributed by atoms with Gasteiger partial charge in [-0.3, -0.25) is 14.9 Å². The SMILES string of the molecule is CCCCCCCC(=O)Nc1ccc(OC)c([N+](=O)[O-])c1. The summed E-state index contributed by atoms with van der Waals surface area (Å²) >= 11 is 0. The zero-order valence-electron chi connectivity index (χ0n) is 12.6. The number of hydrogen-bond acceptors (Lipinski definition) is 4. The molecule has 0 aliphatic rings. The summed E-state index contributed by atoms with van der Waals surface area (Å²) in [6, 6.07) is 4.39. The number of nitrogens with zero attached hydrogens (tertiary/aromatic N) is 1. The van der Waals surface area contributed by atoms with E-state index < -0.39 is 4.92 Å². The summed E-state index contributed by atoms with van der Waals surface area (Å²) in [5, 5.41) is 13.6. The highest BCUT2D eigenvalue weighted by Crippen LogP contribution is 2.29. The van der Waals surface area contributed by atoms with E-state index in [1.807, 2.05) is 0 Å². The standard InChI is InChI=1S/C15H22N2O4/c1-3-4-5-6-7-8-15(18)16-12-9-10-14(21-2)13(11-12)17(19)20/h9-11H,3-8H2,1-2H3,(H,16,18). The maximum absolute atomic E-state index is 11.8. The van der Waals surface area contributed by atoms with E-state index in [1.54, 1.807) is 6.07 Å². The van der Waals surface area contributed by atoms with Gasteiger partial charge >= 0.3 is 5.69 Å². The van der Waals surface area contributed by atoms with Crippen LogP contribution < -0.4 is 10.1 Å². The summed E-state index contributed by atoms with van der Waals surface area (Å²) in [5.74, 6) is 0.0588. The average Bonchev–Trinajstić information content (AvgIpc) is 2.47. The molecule has 6 nitrogen and oxygen atoms in total. The molecule has 1 rings (SSSR count). The van der Waals surface area contributed by atoms with E-state index in [1.165, 1.54) is 32.1 Å². The van der Waals surface area contributed by atoms with Crippen LogP contribution in [0.15, 0.2) is 18.2 Å². The van der Waals surface area contributed by atoms with Crippen molar-refractivity contribution in [1.29, 1.82) is 0 Å². The predicted molar refractivity (Wildman–Crippen MR) is 81.7 cm³/mol. The Morgan fingerprint density at radius 1 is 1.29 bits per heavy atom. The third-order valence-electron chi connectivity index (χ3n) is 3.17. The van der Waals surface area contributed by atoms with E-state index in [-0.39, 0.29) is 17.3 Å². The van der Waals surface area contributed by atoms with E-state index >= 15 is 0 Å². The molecule has 0 radical (unpaired) electrons. The number of nitro benzene ring substituents is 1. The molecule has 0 aliphatic heterocycles. The minimum atomic E-state index is -0.529. The Kier molecular flexibility index (Phi) is 7.21. The van der Waals surface area contributed by atoms with Gasteiger partial charge in [0.1, 0.15) is 0 Å². The molecule has 0 aliphatic carbocycles. The summed E-state index contributed by atoms with van der Waals surface area (Å²) < 4.78 is 4.91. The minimum Gasteiger partial charge on any atom is -0.490 e. The van der Waals surface area contributed by atoms with E-state index in [0.717, 1.165) is 19.3 Å². The van der Waals surface area contributed by atoms with E-state index in [9.17, 15) is 14.9 Å². The first-order valence-electron chi connectivity index (χ1n) is 7.20. The number of anilines is 1. The normalized spacial score (nSPS) is 10.2. The minimum absolute atomic E-state index is 0.119. The van der Waals surface area contributed by atoms with Crippen LogP contribution in [0, 0.1) is 10.1 Å². The van der Waals surface area contributed by atoms with Crippen LogP contribution in [-0.2, 0) is 4.79 Å². The van der Waals surface area contributed by atoms with Crippen molar-refractivity contribution in [1.82, 2.24) is 0 Å². The maximum Gasteiger partial charge on any atom is 0.312 e. The highest BCUT2D eigenvalue weighted by atomic mass is 16.6. The van der Waals surface area contributed by atoms with Gasteiger partial charge < -0.3 is 10.1 Å². The topological polar surface area (TPSA) is 81.5 Å². The summed E-state index contributed by atoms with van der Waals surface area (Å²) in [5.41, 5.74) is 0.263. The van der Waals surface area contributed by atoms with Gasteiger partial charge in [-0.05, 0) is 18.6 Å². The Bertz CT molecular complexity index is 489. The van der Waals surface area contributed by atoms with Gasteiger partial charge in [0.25, 0.3) is 0 Å². The van der Waals surface area contributed by atoms with Crippen molar-refractivity contribution in [2.24, 2.45) is 0 Å². The van der Waals surface area contributed by atoms with Crippen molar-refractivity contribution in [2.75, 3.05) is 12.4 Å². The molecule has 0 atom stereocenters. The quantitative estimate of drug-likeness (QED) is 0.425. The van der Waals surface area contributed by atoms with Crippen molar-refractivity contribution >= 4 is 17.3 Å². The van der Waals surface area contributed by atoms with Crippen molar-refractivity contribution in [3.8, 4) is 5.75 Å². The molecular weight excluding hydrogens is 272 g/mol. The van der Waals surface area contributed by atoms with Crippen LogP contribution in [0.1, 0.15) is 45.4 Å². The monoisotopic (exact) mass is 294 g/mol. The molecule has 116 valence electrons. The largest absolute Gasteiger partial charge is 0.490 e. The second-order valence-corrected chi connectivity index (χ2v) is 4.86. The maximum atomic E-state index is 11.8. The van der Waals surface area contributed by atoms with Crippen LogP contribution >= 0.6 is 0 Å². The Labute approximate surface area is 124 Å². The van der Waals surface area contributed by atoms with E-state index in [2.05, 4.69) is 12.2 Å². The van der Waals surface area contributed by atoms with E-state index in [0.29, 0.717) is 12.1 Å². The molecule has 0 fully saturated rings. The van der Waals surface area contributed by atoms with Crippen molar-refractivity contribution in [3.05, 3.63) is 28.3 Å². The number of hydrogen-bond donors (Lipinski definition) is 1. The molecule has 21 heavy (non-hydrogen) atoms. The van der Waals surface area contributed by atoms with Crippen molar-refractivity contribution < 1.29 is 14.5 Å². The third-order valence-corrected chi connectivity index (χ3v) is 3.17. The lowest BCUT2D eigenvalue weighted by Gasteiger charge is -2.07. The number of rotatable bonds is 9. The Morgan fingerprint density at radius 2 is 2.00 bits per heavy atom. The highest BCUT2D eigenvalue weighted by molar-refractivity contribution is 5.91. The second kappa shape index (κ2) is 8.94. The van der Waals surface area contributed by atoms with Crippen molar-refractivity contribution in [2.45, 2.75) is 45.4 Å². The molecule has 1 N–H and O–H groups in total. The molecular formula is C15H22N2O4. The molecule has 0 unspecified atom stereocenters. The predicted octanol–water partition coefficient (Wildman–Crippen LogP) is 3.90. The highest BCUT2D eigenvalue weighted by Gasteiger charge is 2.15. The number of unbranched alkanes of at least 4 members (excludes halogenated alkanes) is 4. The molecule has 0 bridgehead atoms. The van der Waals surface area contributed by atoms with Crippen LogP contribution in [0.5, 0.6) is 5.75 Å².